The second-order valence-electron chi connectivity index (χ2n) is 4.48. The molecular formula is C10H16N2O2. The number of nitrogens with one attached hydrogen (secondary N) is 1. The van der Waals surface area contributed by atoms with Crippen molar-refractivity contribution < 1.29 is 9.53 Å². The molecule has 3 aliphatic heterocycles. The lowest BCUT2D eigenvalue weighted by atomic mass is 9.90. The van der Waals surface area contributed by atoms with Gasteiger partial charge in [0, 0.05) is 0 Å². The highest BCUT2D eigenvalue weighted by atomic mass is 16.5. The monoisotopic (exact) mass is 196 g/mol. The van der Waals surface area contributed by atoms with Crippen LogP contribution in [-0.2, 0) is 9.53 Å². The van der Waals surface area contributed by atoms with E-state index in [0.717, 1.165) is 39.0 Å². The number of carbonyl (C=O) groups excluding carboxylic acids is 1. The lowest BCUT2D eigenvalue weighted by Crippen LogP contribution is -2.68. The Balaban J connectivity index is 1.67. The van der Waals surface area contributed by atoms with E-state index in [2.05, 4.69) is 5.32 Å². The standard InChI is InChI=1S/C10H16N2O2/c13-10(9-2-1-3-11-9)12-7-4-8(12)6-14-5-7/h7-9,11H,1-6H2/t7-,8-,9-/m1/s1. The molecule has 1 amide bonds. The predicted octanol–water partition coefficient (Wildman–Crippen LogP) is -0.262. The summed E-state index contributed by atoms with van der Waals surface area (Å²) in [5.74, 6) is 0.312. The second kappa shape index (κ2) is 3.21. The van der Waals surface area contributed by atoms with E-state index in [4.69, 9.17) is 4.74 Å². The van der Waals surface area contributed by atoms with Crippen LogP contribution in [0, 0.1) is 0 Å². The fourth-order valence-corrected chi connectivity index (χ4v) is 2.77. The molecule has 0 aromatic rings. The average molecular weight is 196 g/mol. The first-order chi connectivity index (χ1) is 6.86. The van der Waals surface area contributed by atoms with Crippen molar-refractivity contribution in [3.8, 4) is 0 Å². The molecule has 0 spiro atoms. The van der Waals surface area contributed by atoms with E-state index in [-0.39, 0.29) is 6.04 Å². The van der Waals surface area contributed by atoms with Crippen molar-refractivity contribution in [1.29, 1.82) is 0 Å². The zero-order valence-electron chi connectivity index (χ0n) is 8.24. The minimum absolute atomic E-state index is 0.0957. The maximum Gasteiger partial charge on any atom is 0.240 e. The van der Waals surface area contributed by atoms with Gasteiger partial charge in [0.15, 0.2) is 0 Å². The normalized spacial score (nSPS) is 40.9. The molecule has 4 heteroatoms. The lowest BCUT2D eigenvalue weighted by Gasteiger charge is -2.53. The highest BCUT2D eigenvalue weighted by Crippen LogP contribution is 2.32. The van der Waals surface area contributed by atoms with Crippen LogP contribution in [0.5, 0.6) is 0 Å². The van der Waals surface area contributed by atoms with Crippen molar-refractivity contribution in [2.75, 3.05) is 19.8 Å². The first-order valence-corrected chi connectivity index (χ1v) is 5.49. The van der Waals surface area contributed by atoms with Gasteiger partial charge in [0.05, 0.1) is 31.3 Å². The summed E-state index contributed by atoms with van der Waals surface area (Å²) in [6.07, 6.45) is 3.30. The van der Waals surface area contributed by atoms with Gasteiger partial charge in [-0.3, -0.25) is 4.79 Å². The Hall–Kier alpha value is -0.610. The number of rotatable bonds is 1. The molecule has 2 bridgehead atoms. The molecule has 3 heterocycles. The molecule has 0 radical (unpaired) electrons. The van der Waals surface area contributed by atoms with Crippen LogP contribution < -0.4 is 5.32 Å². The smallest absolute Gasteiger partial charge is 0.240 e. The fourth-order valence-electron chi connectivity index (χ4n) is 2.77. The largest absolute Gasteiger partial charge is 0.377 e. The van der Waals surface area contributed by atoms with Crippen LogP contribution in [0.3, 0.4) is 0 Å². The number of ether oxygens (including phenoxy) is 1. The molecule has 1 N–H and O–H groups in total. The number of morpholine rings is 1. The Kier molecular flexibility index (Phi) is 1.99. The van der Waals surface area contributed by atoms with Crippen LogP contribution in [0.25, 0.3) is 0 Å². The van der Waals surface area contributed by atoms with Gasteiger partial charge < -0.3 is 15.0 Å². The third kappa shape index (κ3) is 1.17. The van der Waals surface area contributed by atoms with Gasteiger partial charge in [-0.1, -0.05) is 0 Å². The summed E-state index contributed by atoms with van der Waals surface area (Å²) >= 11 is 0. The van der Waals surface area contributed by atoms with E-state index < -0.39 is 0 Å². The van der Waals surface area contributed by atoms with Crippen molar-refractivity contribution in [3.05, 3.63) is 0 Å². The molecule has 0 aromatic heterocycles. The van der Waals surface area contributed by atoms with Gasteiger partial charge in [-0.05, 0) is 25.8 Å². The molecule has 14 heavy (non-hydrogen) atoms. The van der Waals surface area contributed by atoms with Crippen LogP contribution in [0.15, 0.2) is 0 Å². The maximum atomic E-state index is 12.0. The van der Waals surface area contributed by atoms with Gasteiger partial charge >= 0.3 is 0 Å². The topological polar surface area (TPSA) is 41.6 Å². The Morgan fingerprint density at radius 1 is 1.36 bits per heavy atom. The van der Waals surface area contributed by atoms with Gasteiger partial charge in [0.25, 0.3) is 0 Å². The third-order valence-corrected chi connectivity index (χ3v) is 3.56. The van der Waals surface area contributed by atoms with Crippen LogP contribution in [-0.4, -0.2) is 48.7 Å². The number of carbonyl (C=O) groups is 1. The average Bonchev–Trinajstić information content (AvgIpc) is 2.71. The van der Waals surface area contributed by atoms with Crippen molar-refractivity contribution in [1.82, 2.24) is 10.2 Å². The first kappa shape index (κ1) is 8.68. The summed E-state index contributed by atoms with van der Waals surface area (Å²) in [6, 6.07) is 0.852. The molecule has 0 saturated carbocycles. The summed E-state index contributed by atoms with van der Waals surface area (Å²) < 4.78 is 5.36. The zero-order valence-corrected chi connectivity index (χ0v) is 8.24. The maximum absolute atomic E-state index is 12.0. The van der Waals surface area contributed by atoms with Gasteiger partial charge in [0.2, 0.25) is 5.91 Å². The van der Waals surface area contributed by atoms with E-state index in [0.29, 0.717) is 18.0 Å². The van der Waals surface area contributed by atoms with Crippen molar-refractivity contribution in [2.24, 2.45) is 0 Å². The SMILES string of the molecule is O=C([C@H]1CCCN1)N1[C@H]2COC[C@H]1C2. The summed E-state index contributed by atoms with van der Waals surface area (Å²) in [4.78, 5) is 14.1. The molecule has 3 fully saturated rings. The molecule has 0 unspecified atom stereocenters. The first-order valence-electron chi connectivity index (χ1n) is 5.49. The second-order valence-corrected chi connectivity index (χ2v) is 4.48. The molecule has 4 nitrogen and oxygen atoms in total. The van der Waals surface area contributed by atoms with E-state index in [1.807, 2.05) is 4.90 Å². The zero-order chi connectivity index (χ0) is 9.54. The van der Waals surface area contributed by atoms with E-state index in [9.17, 15) is 4.79 Å². The van der Waals surface area contributed by atoms with Crippen LogP contribution >= 0.6 is 0 Å². The molecular weight excluding hydrogens is 180 g/mol. The molecule has 3 rings (SSSR count). The third-order valence-electron chi connectivity index (χ3n) is 3.56. The number of hydrogen-bond donors (Lipinski definition) is 1. The lowest BCUT2D eigenvalue weighted by molar-refractivity contribution is -0.169. The Morgan fingerprint density at radius 3 is 2.71 bits per heavy atom. The highest BCUT2D eigenvalue weighted by Gasteiger charge is 2.46. The van der Waals surface area contributed by atoms with E-state index in [1.54, 1.807) is 0 Å². The van der Waals surface area contributed by atoms with Crippen LogP contribution in [0.1, 0.15) is 19.3 Å². The summed E-state index contributed by atoms with van der Waals surface area (Å²) in [5, 5.41) is 3.26. The Morgan fingerprint density at radius 2 is 2.14 bits per heavy atom. The van der Waals surface area contributed by atoms with Gasteiger partial charge in [-0.25, -0.2) is 0 Å². The number of fused-ring (bicyclic) bond motifs is 2. The van der Waals surface area contributed by atoms with E-state index >= 15 is 0 Å². The van der Waals surface area contributed by atoms with Crippen LogP contribution in [0.2, 0.25) is 0 Å². The number of amides is 1. The van der Waals surface area contributed by atoms with Gasteiger partial charge in [0.1, 0.15) is 0 Å². The Bertz CT molecular complexity index is 237. The highest BCUT2D eigenvalue weighted by molar-refractivity contribution is 5.83. The van der Waals surface area contributed by atoms with Crippen molar-refractivity contribution >= 4 is 5.91 Å². The summed E-state index contributed by atoms with van der Waals surface area (Å²) in [6.45, 7) is 2.49. The summed E-state index contributed by atoms with van der Waals surface area (Å²) in [7, 11) is 0. The molecule has 3 atom stereocenters. The molecule has 3 saturated heterocycles. The summed E-state index contributed by atoms with van der Waals surface area (Å²) in [5.41, 5.74) is 0. The Labute approximate surface area is 83.6 Å². The van der Waals surface area contributed by atoms with Gasteiger partial charge in [-0.2, -0.15) is 0 Å². The van der Waals surface area contributed by atoms with Crippen molar-refractivity contribution in [3.63, 3.8) is 0 Å². The quantitative estimate of drug-likeness (QED) is 0.628. The molecule has 0 aromatic carbocycles. The predicted molar refractivity (Wildman–Crippen MR) is 50.9 cm³/mol. The van der Waals surface area contributed by atoms with E-state index in [1.165, 1.54) is 0 Å². The molecule has 78 valence electrons. The number of hydrogen-bond acceptors (Lipinski definition) is 3. The minimum Gasteiger partial charge on any atom is -0.377 e. The fraction of sp³-hybridized carbons (Fsp3) is 0.900. The number of nitrogens with zero attached hydrogens (tertiary/aromatic N) is 1. The molecule has 0 aliphatic carbocycles. The van der Waals surface area contributed by atoms with Crippen molar-refractivity contribution in [2.45, 2.75) is 37.4 Å². The van der Waals surface area contributed by atoms with Gasteiger partial charge in [-0.15, -0.1) is 0 Å². The molecule has 3 aliphatic rings. The van der Waals surface area contributed by atoms with Crippen LogP contribution in [0.4, 0.5) is 0 Å². The minimum atomic E-state index is 0.0957.